The Morgan fingerprint density at radius 1 is 1.12 bits per heavy atom. The molecule has 2 aromatic carbocycles. The smallest absolute Gasteiger partial charge is 0.274 e. The van der Waals surface area contributed by atoms with Crippen molar-refractivity contribution < 1.29 is 4.74 Å². The summed E-state index contributed by atoms with van der Waals surface area (Å²) in [5.41, 5.74) is 2.93. The van der Waals surface area contributed by atoms with Crippen molar-refractivity contribution in [2.75, 3.05) is 31.4 Å². The Morgan fingerprint density at radius 3 is 2.54 bits per heavy atom. The summed E-state index contributed by atoms with van der Waals surface area (Å²) in [4.78, 5) is 17.0. The van der Waals surface area contributed by atoms with Crippen LogP contribution in [-0.2, 0) is 6.42 Å². The quantitative estimate of drug-likeness (QED) is 0.710. The predicted molar refractivity (Wildman–Crippen MR) is 103 cm³/mol. The van der Waals surface area contributed by atoms with Crippen LogP contribution >= 0.6 is 0 Å². The van der Waals surface area contributed by atoms with Crippen LogP contribution in [0, 0.1) is 0 Å². The van der Waals surface area contributed by atoms with Crippen LogP contribution in [0.25, 0.3) is 0 Å². The van der Waals surface area contributed by atoms with Gasteiger partial charge in [-0.05, 0) is 35.9 Å². The van der Waals surface area contributed by atoms with Crippen molar-refractivity contribution in [2.45, 2.75) is 6.42 Å². The number of hydrogen-bond acceptors (Lipinski definition) is 6. The van der Waals surface area contributed by atoms with Crippen LogP contribution in [0.2, 0.25) is 0 Å². The molecule has 3 aromatic rings. The fourth-order valence-corrected chi connectivity index (χ4v) is 2.47. The van der Waals surface area contributed by atoms with Gasteiger partial charge in [0.1, 0.15) is 11.4 Å². The van der Waals surface area contributed by atoms with Gasteiger partial charge in [-0.2, -0.15) is 0 Å². The molecule has 2 N–H and O–H groups in total. The molecule has 134 valence electrons. The Bertz CT molecular complexity index is 935. The van der Waals surface area contributed by atoms with E-state index in [1.807, 2.05) is 67.5 Å². The molecule has 0 aliphatic carbocycles. The summed E-state index contributed by atoms with van der Waals surface area (Å²) in [6, 6.07) is 15.3. The maximum atomic E-state index is 12.3. The number of methoxy groups -OCH3 is 1. The third-order valence-electron chi connectivity index (χ3n) is 3.92. The zero-order chi connectivity index (χ0) is 18.5. The first-order chi connectivity index (χ1) is 12.5. The lowest BCUT2D eigenvalue weighted by Gasteiger charge is -2.14. The lowest BCUT2D eigenvalue weighted by Crippen LogP contribution is -2.19. The molecule has 3 rings (SSSR count). The lowest BCUT2D eigenvalue weighted by molar-refractivity contribution is 0.414. The maximum Gasteiger partial charge on any atom is 0.274 e. The highest BCUT2D eigenvalue weighted by Crippen LogP contribution is 2.19. The molecule has 0 bridgehead atoms. The summed E-state index contributed by atoms with van der Waals surface area (Å²) in [7, 11) is 5.55. The fourth-order valence-electron chi connectivity index (χ4n) is 2.47. The van der Waals surface area contributed by atoms with Crippen LogP contribution in [0.4, 0.5) is 17.3 Å². The Hall–Kier alpha value is -3.35. The van der Waals surface area contributed by atoms with Gasteiger partial charge < -0.3 is 15.0 Å². The van der Waals surface area contributed by atoms with Gasteiger partial charge in [0.15, 0.2) is 0 Å². The Balaban J connectivity index is 1.74. The molecule has 0 saturated heterocycles. The van der Waals surface area contributed by atoms with Gasteiger partial charge in [0.05, 0.1) is 7.11 Å². The summed E-state index contributed by atoms with van der Waals surface area (Å²) in [6.45, 7) is 0. The second kappa shape index (κ2) is 7.69. The fraction of sp³-hybridized carbons (Fsp3) is 0.211. The SMILES string of the molecule is COc1ccc(Cc2nnc(Nc3cccc(N(C)C)c3)[nH]c2=O)cc1. The van der Waals surface area contributed by atoms with Gasteiger partial charge in [-0.1, -0.05) is 18.2 Å². The first-order valence-electron chi connectivity index (χ1n) is 8.18. The number of rotatable bonds is 6. The minimum Gasteiger partial charge on any atom is -0.497 e. The van der Waals surface area contributed by atoms with Crippen LogP contribution in [0.3, 0.4) is 0 Å². The van der Waals surface area contributed by atoms with Crippen LogP contribution in [0.5, 0.6) is 5.75 Å². The number of anilines is 3. The molecule has 0 unspecified atom stereocenters. The van der Waals surface area contributed by atoms with Crippen LogP contribution in [-0.4, -0.2) is 36.4 Å². The van der Waals surface area contributed by atoms with E-state index < -0.39 is 0 Å². The van der Waals surface area contributed by atoms with Crippen LogP contribution in [0.1, 0.15) is 11.3 Å². The molecule has 0 aliphatic rings. The first kappa shape index (κ1) is 17.5. The third-order valence-corrected chi connectivity index (χ3v) is 3.92. The molecule has 1 aromatic heterocycles. The van der Waals surface area contributed by atoms with E-state index >= 15 is 0 Å². The highest BCUT2D eigenvalue weighted by atomic mass is 16.5. The summed E-state index contributed by atoms with van der Waals surface area (Å²) in [5, 5.41) is 11.2. The number of H-pyrrole nitrogens is 1. The Labute approximate surface area is 151 Å². The average Bonchev–Trinajstić information content (AvgIpc) is 2.65. The van der Waals surface area contributed by atoms with Gasteiger partial charge in [0.25, 0.3) is 5.56 Å². The minimum atomic E-state index is -0.262. The number of nitrogens with zero attached hydrogens (tertiary/aromatic N) is 3. The molecule has 0 aliphatic heterocycles. The first-order valence-corrected chi connectivity index (χ1v) is 8.18. The zero-order valence-electron chi connectivity index (χ0n) is 15.0. The number of nitrogens with one attached hydrogen (secondary N) is 2. The lowest BCUT2D eigenvalue weighted by atomic mass is 10.1. The van der Waals surface area contributed by atoms with E-state index in [0.29, 0.717) is 18.1 Å². The monoisotopic (exact) mass is 351 g/mol. The van der Waals surface area contributed by atoms with Crippen molar-refractivity contribution in [3.63, 3.8) is 0 Å². The summed E-state index contributed by atoms with van der Waals surface area (Å²) in [5.74, 6) is 1.08. The largest absolute Gasteiger partial charge is 0.497 e. The molecule has 7 heteroatoms. The number of ether oxygens (including phenoxy) is 1. The molecule has 7 nitrogen and oxygen atoms in total. The normalized spacial score (nSPS) is 10.4. The third kappa shape index (κ3) is 4.18. The standard InChI is InChI=1S/C19H21N5O2/c1-24(2)15-6-4-5-14(12-15)20-19-21-18(25)17(22-23-19)11-13-7-9-16(26-3)10-8-13/h4-10,12H,11H2,1-3H3,(H2,20,21,23,25). The molecule has 1 heterocycles. The average molecular weight is 351 g/mol. The van der Waals surface area contributed by atoms with E-state index in [0.717, 1.165) is 22.7 Å². The summed E-state index contributed by atoms with van der Waals surface area (Å²) >= 11 is 0. The molecule has 26 heavy (non-hydrogen) atoms. The van der Waals surface area contributed by atoms with Crippen LogP contribution in [0.15, 0.2) is 53.3 Å². The number of aromatic nitrogens is 3. The van der Waals surface area contributed by atoms with Crippen molar-refractivity contribution in [2.24, 2.45) is 0 Å². The van der Waals surface area contributed by atoms with Gasteiger partial charge >= 0.3 is 0 Å². The van der Waals surface area contributed by atoms with Crippen molar-refractivity contribution >= 4 is 17.3 Å². The van der Waals surface area contributed by atoms with Crippen molar-refractivity contribution in [1.82, 2.24) is 15.2 Å². The van der Waals surface area contributed by atoms with Crippen LogP contribution < -0.4 is 20.5 Å². The Morgan fingerprint density at radius 2 is 1.88 bits per heavy atom. The van der Waals surface area contributed by atoms with Gasteiger partial charge in [0.2, 0.25) is 5.95 Å². The van der Waals surface area contributed by atoms with E-state index in [2.05, 4.69) is 20.5 Å². The molecule has 0 fully saturated rings. The molecule has 0 amide bonds. The van der Waals surface area contributed by atoms with E-state index in [4.69, 9.17) is 4.74 Å². The second-order valence-corrected chi connectivity index (χ2v) is 6.04. The van der Waals surface area contributed by atoms with E-state index in [1.54, 1.807) is 7.11 Å². The number of aromatic amines is 1. The Kier molecular flexibility index (Phi) is 5.17. The number of benzene rings is 2. The maximum absolute atomic E-state index is 12.3. The van der Waals surface area contributed by atoms with Crippen molar-refractivity contribution in [3.05, 3.63) is 70.1 Å². The van der Waals surface area contributed by atoms with E-state index in [9.17, 15) is 4.79 Å². The second-order valence-electron chi connectivity index (χ2n) is 6.04. The van der Waals surface area contributed by atoms with Crippen molar-refractivity contribution in [1.29, 1.82) is 0 Å². The van der Waals surface area contributed by atoms with Gasteiger partial charge in [0, 0.05) is 31.9 Å². The topological polar surface area (TPSA) is 83.1 Å². The number of hydrogen-bond donors (Lipinski definition) is 2. The molecular weight excluding hydrogens is 330 g/mol. The predicted octanol–water partition coefficient (Wildman–Crippen LogP) is 2.57. The van der Waals surface area contributed by atoms with E-state index in [-0.39, 0.29) is 5.56 Å². The van der Waals surface area contributed by atoms with E-state index in [1.165, 1.54) is 0 Å². The highest BCUT2D eigenvalue weighted by molar-refractivity contribution is 5.61. The summed E-state index contributed by atoms with van der Waals surface area (Å²) < 4.78 is 5.13. The zero-order valence-corrected chi connectivity index (χ0v) is 15.0. The molecule has 0 spiro atoms. The minimum absolute atomic E-state index is 0.262. The van der Waals surface area contributed by atoms with Gasteiger partial charge in [-0.25, -0.2) is 0 Å². The van der Waals surface area contributed by atoms with Gasteiger partial charge in [-0.15, -0.1) is 10.2 Å². The highest BCUT2D eigenvalue weighted by Gasteiger charge is 2.07. The summed E-state index contributed by atoms with van der Waals surface area (Å²) in [6.07, 6.45) is 0.405. The molecule has 0 radical (unpaired) electrons. The molecule has 0 atom stereocenters. The molecular formula is C19H21N5O2. The van der Waals surface area contributed by atoms with Crippen molar-refractivity contribution in [3.8, 4) is 5.75 Å². The molecule has 0 saturated carbocycles. The van der Waals surface area contributed by atoms with Gasteiger partial charge in [-0.3, -0.25) is 9.78 Å².